The number of carbonyl (C=O) groups is 2. The van der Waals surface area contributed by atoms with Crippen molar-refractivity contribution in [2.75, 3.05) is 14.2 Å². The van der Waals surface area contributed by atoms with Gasteiger partial charge in [-0.15, -0.1) is 0 Å². The van der Waals surface area contributed by atoms with E-state index in [1.165, 1.54) is 0 Å². The van der Waals surface area contributed by atoms with E-state index in [9.17, 15) is 9.59 Å². The molecule has 0 saturated heterocycles. The fourth-order valence-electron chi connectivity index (χ4n) is 2.78. The molecule has 0 N–H and O–H groups in total. The van der Waals surface area contributed by atoms with Crippen molar-refractivity contribution in [2.24, 2.45) is 11.8 Å². The van der Waals surface area contributed by atoms with Crippen molar-refractivity contribution in [3.8, 4) is 0 Å². The second kappa shape index (κ2) is 4.49. The number of Topliss-reactive ketones (excluding diaryl/α,β-unsaturated/α-hetero) is 2. The molecule has 92 valence electrons. The molecule has 0 aliphatic heterocycles. The molecule has 0 aromatic carbocycles. The molecule has 0 amide bonds. The van der Waals surface area contributed by atoms with Gasteiger partial charge in [-0.05, 0) is 12.8 Å². The summed E-state index contributed by atoms with van der Waals surface area (Å²) in [4.78, 5) is 26.5. The van der Waals surface area contributed by atoms with Crippen LogP contribution in [0.15, 0.2) is 0 Å². The summed E-state index contributed by atoms with van der Waals surface area (Å²) in [6, 6.07) is 0. The smallest absolute Gasteiger partial charge is 0.379 e. The van der Waals surface area contributed by atoms with Gasteiger partial charge in [0.25, 0.3) is 11.6 Å². The molecular weight excluding hydrogens is 224 g/mol. The van der Waals surface area contributed by atoms with Gasteiger partial charge in [0.05, 0.1) is 12.2 Å². The van der Waals surface area contributed by atoms with E-state index >= 15 is 0 Å². The van der Waals surface area contributed by atoms with Crippen molar-refractivity contribution < 1.29 is 23.9 Å². The molecule has 6 heteroatoms. The maximum Gasteiger partial charge on any atom is 0.400 e. The third kappa shape index (κ3) is 1.74. The maximum absolute atomic E-state index is 11.8. The second-order valence-electron chi connectivity index (χ2n) is 4.41. The lowest BCUT2D eigenvalue weighted by molar-refractivity contribution is -0.132. The summed E-state index contributed by atoms with van der Waals surface area (Å²) in [6.07, 6.45) is 0.471. The average Bonchev–Trinajstić information content (AvgIpc) is 2.59. The van der Waals surface area contributed by atoms with Crippen LogP contribution in [0.2, 0.25) is 0 Å². The standard InChI is InChI=1S/C11H14N2O4/c1-16-7-3-5-6(4-8(7)17-2)11(15)9(13-12)10(5)14/h5-8H,3-4H2,1-2H3. The van der Waals surface area contributed by atoms with Gasteiger partial charge in [-0.3, -0.25) is 9.59 Å². The van der Waals surface area contributed by atoms with Gasteiger partial charge >= 0.3 is 5.71 Å². The molecular formula is C11H14N2O4. The Morgan fingerprint density at radius 1 is 1.06 bits per heavy atom. The monoisotopic (exact) mass is 238 g/mol. The highest BCUT2D eigenvalue weighted by molar-refractivity contribution is 6.68. The molecule has 2 saturated carbocycles. The van der Waals surface area contributed by atoms with Crippen LogP contribution in [-0.2, 0) is 19.1 Å². The number of nitrogens with zero attached hydrogens (tertiary/aromatic N) is 2. The highest BCUT2D eigenvalue weighted by Crippen LogP contribution is 2.38. The molecule has 2 aliphatic carbocycles. The quantitative estimate of drug-likeness (QED) is 0.495. The van der Waals surface area contributed by atoms with E-state index in [1.54, 1.807) is 14.2 Å². The van der Waals surface area contributed by atoms with Gasteiger partial charge in [0.2, 0.25) is 0 Å². The van der Waals surface area contributed by atoms with Gasteiger partial charge in [0.15, 0.2) is 0 Å². The molecule has 0 radical (unpaired) electrons. The van der Waals surface area contributed by atoms with Crippen molar-refractivity contribution in [3.63, 3.8) is 0 Å². The predicted molar refractivity (Wildman–Crippen MR) is 56.4 cm³/mol. The zero-order valence-corrected chi connectivity index (χ0v) is 9.75. The van der Waals surface area contributed by atoms with Crippen molar-refractivity contribution in [1.29, 1.82) is 0 Å². The number of hydrogen-bond acceptors (Lipinski definition) is 4. The minimum Gasteiger partial charge on any atom is -0.379 e. The topological polar surface area (TPSA) is 89.0 Å². The first-order valence-corrected chi connectivity index (χ1v) is 5.50. The Labute approximate surface area is 98.5 Å². The minimum atomic E-state index is -0.426. The van der Waals surface area contributed by atoms with E-state index in [1.807, 2.05) is 0 Å². The van der Waals surface area contributed by atoms with Crippen molar-refractivity contribution in [3.05, 3.63) is 5.53 Å². The lowest BCUT2D eigenvalue weighted by Gasteiger charge is -2.34. The third-order valence-corrected chi connectivity index (χ3v) is 3.72. The van der Waals surface area contributed by atoms with E-state index < -0.39 is 11.8 Å². The van der Waals surface area contributed by atoms with Crippen LogP contribution in [0.3, 0.4) is 0 Å². The van der Waals surface area contributed by atoms with Crippen molar-refractivity contribution in [1.82, 2.24) is 0 Å². The predicted octanol–water partition coefficient (Wildman–Crippen LogP) is -0.135. The highest BCUT2D eigenvalue weighted by Gasteiger charge is 2.56. The van der Waals surface area contributed by atoms with Crippen LogP contribution in [0.4, 0.5) is 0 Å². The van der Waals surface area contributed by atoms with E-state index in [4.69, 9.17) is 15.0 Å². The van der Waals surface area contributed by atoms with Crippen LogP contribution in [-0.4, -0.2) is 48.5 Å². The third-order valence-electron chi connectivity index (χ3n) is 3.72. The largest absolute Gasteiger partial charge is 0.400 e. The fourth-order valence-corrected chi connectivity index (χ4v) is 2.78. The van der Waals surface area contributed by atoms with E-state index in [0.29, 0.717) is 12.8 Å². The SMILES string of the molecule is COC1CC2C(=O)C(=[N+]=[N-])C(=O)C2CC1OC. The molecule has 2 fully saturated rings. The number of ketones is 2. The van der Waals surface area contributed by atoms with Crippen LogP contribution in [0.25, 0.3) is 5.53 Å². The first kappa shape index (κ1) is 12.1. The van der Waals surface area contributed by atoms with Gasteiger partial charge in [-0.1, -0.05) is 0 Å². The summed E-state index contributed by atoms with van der Waals surface area (Å²) in [5.74, 6) is -1.60. The molecule has 2 aliphatic rings. The first-order chi connectivity index (χ1) is 8.13. The van der Waals surface area contributed by atoms with Gasteiger partial charge < -0.3 is 15.0 Å². The molecule has 0 aromatic rings. The van der Waals surface area contributed by atoms with E-state index in [0.717, 1.165) is 0 Å². The molecule has 0 aromatic heterocycles. The van der Waals surface area contributed by atoms with Gasteiger partial charge in [-0.25, -0.2) is 0 Å². The highest BCUT2D eigenvalue weighted by atomic mass is 16.5. The second-order valence-corrected chi connectivity index (χ2v) is 4.41. The fraction of sp³-hybridized carbons (Fsp3) is 0.727. The normalized spacial score (nSPS) is 36.9. The van der Waals surface area contributed by atoms with Crippen LogP contribution in [0.5, 0.6) is 0 Å². The minimum absolute atomic E-state index is 0.198. The Morgan fingerprint density at radius 3 is 1.76 bits per heavy atom. The van der Waals surface area contributed by atoms with Gasteiger partial charge in [0, 0.05) is 26.1 Å². The number of hydrogen-bond donors (Lipinski definition) is 0. The molecule has 2 rings (SSSR count). The number of fused-ring (bicyclic) bond motifs is 1. The summed E-state index contributed by atoms with van der Waals surface area (Å²) in [6.45, 7) is 0. The first-order valence-electron chi connectivity index (χ1n) is 5.50. The Bertz CT molecular complexity index is 382. The van der Waals surface area contributed by atoms with Gasteiger partial charge in [-0.2, -0.15) is 4.79 Å². The number of methoxy groups -OCH3 is 2. The summed E-state index contributed by atoms with van der Waals surface area (Å²) in [5, 5.41) is 0. The Morgan fingerprint density at radius 2 is 1.47 bits per heavy atom. The van der Waals surface area contributed by atoms with Gasteiger partial charge in [0.1, 0.15) is 0 Å². The molecule has 0 bridgehead atoms. The molecule has 6 nitrogen and oxygen atoms in total. The average molecular weight is 238 g/mol. The molecule has 4 atom stereocenters. The zero-order valence-electron chi connectivity index (χ0n) is 9.75. The Balaban J connectivity index is 2.29. The zero-order chi connectivity index (χ0) is 12.6. The van der Waals surface area contributed by atoms with Crippen molar-refractivity contribution in [2.45, 2.75) is 25.0 Å². The maximum atomic E-state index is 11.8. The van der Waals surface area contributed by atoms with E-state index in [2.05, 4.69) is 4.79 Å². The summed E-state index contributed by atoms with van der Waals surface area (Å²) >= 11 is 0. The molecule has 17 heavy (non-hydrogen) atoms. The Kier molecular flexibility index (Phi) is 3.19. The number of rotatable bonds is 2. The summed E-state index contributed by atoms with van der Waals surface area (Å²) < 4.78 is 10.5. The molecule has 4 unspecified atom stereocenters. The number of ether oxygens (including phenoxy) is 2. The lowest BCUT2D eigenvalue weighted by atomic mass is 9.78. The summed E-state index contributed by atoms with van der Waals surface area (Å²) in [7, 11) is 3.11. The number of carbonyl (C=O) groups excluding carboxylic acids is 2. The van der Waals surface area contributed by atoms with E-state index in [-0.39, 0.29) is 29.5 Å². The van der Waals surface area contributed by atoms with Crippen molar-refractivity contribution >= 4 is 17.3 Å². The van der Waals surface area contributed by atoms with Crippen LogP contribution in [0, 0.1) is 11.8 Å². The Hall–Kier alpha value is -1.36. The van der Waals surface area contributed by atoms with Crippen LogP contribution in [0.1, 0.15) is 12.8 Å². The lowest BCUT2D eigenvalue weighted by Crippen LogP contribution is -2.42. The summed E-state index contributed by atoms with van der Waals surface area (Å²) in [5.41, 5.74) is 8.36. The van der Waals surface area contributed by atoms with Crippen LogP contribution >= 0.6 is 0 Å². The molecule has 0 spiro atoms. The van der Waals surface area contributed by atoms with Crippen LogP contribution < -0.4 is 0 Å². The molecule has 0 heterocycles.